The van der Waals surface area contributed by atoms with Gasteiger partial charge in [-0.3, -0.25) is 14.2 Å². The van der Waals surface area contributed by atoms with E-state index in [1.54, 1.807) is 28.9 Å². The topological polar surface area (TPSA) is 87.4 Å². The van der Waals surface area contributed by atoms with E-state index in [4.69, 9.17) is 9.47 Å². The van der Waals surface area contributed by atoms with Crippen molar-refractivity contribution in [3.05, 3.63) is 75.7 Å². The highest BCUT2D eigenvalue weighted by Gasteiger charge is 2.19. The Morgan fingerprint density at radius 3 is 2.21 bits per heavy atom. The minimum atomic E-state index is -0.355. The van der Waals surface area contributed by atoms with Crippen LogP contribution in [0.4, 0.5) is 5.69 Å². The molecule has 170 valence electrons. The van der Waals surface area contributed by atoms with Gasteiger partial charge in [-0.25, -0.2) is 4.68 Å². The van der Waals surface area contributed by atoms with Gasteiger partial charge < -0.3 is 14.8 Å². The van der Waals surface area contributed by atoms with E-state index in [0.29, 0.717) is 22.8 Å². The summed E-state index contributed by atoms with van der Waals surface area (Å²) >= 11 is 0. The Labute approximate surface area is 191 Å². The zero-order valence-electron chi connectivity index (χ0n) is 19.3. The van der Waals surface area contributed by atoms with Crippen LogP contribution in [-0.4, -0.2) is 34.5 Å². The molecule has 0 aliphatic carbocycles. The Hall–Kier alpha value is -4.07. The molecule has 0 aliphatic heterocycles. The number of carbonyl (C=O) groups excluding carboxylic acids is 1. The third kappa shape index (κ3) is 4.32. The molecule has 0 spiro atoms. The Kier molecular flexibility index (Phi) is 5.91. The highest BCUT2D eigenvalue weighted by Crippen LogP contribution is 2.27. The standard InChI is InChI=1S/C25H26N4O4/c1-15-6-8-19(9-7-15)29-25-24(17(3)27-29)16(2)10-23(31)28(25)14-22(30)26-18-11-20(32-4)13-21(12-18)33-5/h6-13H,14H2,1-5H3,(H,26,30). The number of ether oxygens (including phenoxy) is 2. The summed E-state index contributed by atoms with van der Waals surface area (Å²) in [6.45, 7) is 5.61. The maximum absolute atomic E-state index is 13.0. The third-order valence-corrected chi connectivity index (χ3v) is 5.51. The highest BCUT2D eigenvalue weighted by molar-refractivity contribution is 5.92. The first-order valence-corrected chi connectivity index (χ1v) is 10.5. The lowest BCUT2D eigenvalue weighted by Crippen LogP contribution is -2.29. The summed E-state index contributed by atoms with van der Waals surface area (Å²) in [7, 11) is 3.08. The first-order valence-electron chi connectivity index (χ1n) is 10.5. The molecule has 2 aromatic heterocycles. The van der Waals surface area contributed by atoms with Crippen molar-refractivity contribution in [2.24, 2.45) is 0 Å². The SMILES string of the molecule is COc1cc(NC(=O)Cn2c(=O)cc(C)c3c(C)nn(-c4ccc(C)cc4)c32)cc(OC)c1. The average molecular weight is 447 g/mol. The molecule has 8 heteroatoms. The van der Waals surface area contributed by atoms with Gasteiger partial charge in [0.25, 0.3) is 5.56 Å². The summed E-state index contributed by atoms with van der Waals surface area (Å²) in [5.74, 6) is 0.743. The molecule has 0 bridgehead atoms. The second-order valence-electron chi connectivity index (χ2n) is 7.93. The summed E-state index contributed by atoms with van der Waals surface area (Å²) < 4.78 is 13.7. The van der Waals surface area contributed by atoms with Crippen LogP contribution < -0.4 is 20.3 Å². The molecule has 0 aliphatic rings. The number of anilines is 1. The summed E-state index contributed by atoms with van der Waals surface area (Å²) in [4.78, 5) is 26.0. The van der Waals surface area contributed by atoms with Crippen LogP contribution in [0, 0.1) is 20.8 Å². The third-order valence-electron chi connectivity index (χ3n) is 5.51. The van der Waals surface area contributed by atoms with E-state index in [0.717, 1.165) is 27.9 Å². The Balaban J connectivity index is 1.77. The summed E-state index contributed by atoms with van der Waals surface area (Å²) in [5, 5.41) is 8.37. The number of methoxy groups -OCH3 is 2. The van der Waals surface area contributed by atoms with Gasteiger partial charge in [0.2, 0.25) is 5.91 Å². The average Bonchev–Trinajstić information content (AvgIpc) is 3.14. The number of benzene rings is 2. The van der Waals surface area contributed by atoms with E-state index in [1.165, 1.54) is 18.8 Å². The smallest absolute Gasteiger partial charge is 0.252 e. The van der Waals surface area contributed by atoms with Gasteiger partial charge in [-0.1, -0.05) is 17.7 Å². The van der Waals surface area contributed by atoms with Gasteiger partial charge in [0.1, 0.15) is 23.7 Å². The van der Waals surface area contributed by atoms with Gasteiger partial charge in [-0.05, 0) is 38.5 Å². The number of pyridine rings is 1. The maximum Gasteiger partial charge on any atom is 0.252 e. The van der Waals surface area contributed by atoms with Crippen molar-refractivity contribution in [2.75, 3.05) is 19.5 Å². The van der Waals surface area contributed by atoms with Crippen molar-refractivity contribution in [1.29, 1.82) is 0 Å². The van der Waals surface area contributed by atoms with Crippen LogP contribution in [0.3, 0.4) is 0 Å². The van der Waals surface area contributed by atoms with Crippen molar-refractivity contribution < 1.29 is 14.3 Å². The van der Waals surface area contributed by atoms with Crippen LogP contribution in [0.1, 0.15) is 16.8 Å². The lowest BCUT2D eigenvalue weighted by Gasteiger charge is -2.13. The lowest BCUT2D eigenvalue weighted by atomic mass is 10.1. The van der Waals surface area contributed by atoms with Crippen molar-refractivity contribution in [3.8, 4) is 17.2 Å². The number of amides is 1. The second-order valence-corrected chi connectivity index (χ2v) is 7.93. The molecule has 0 unspecified atom stereocenters. The molecule has 0 radical (unpaired) electrons. The van der Waals surface area contributed by atoms with Gasteiger partial charge in [-0.15, -0.1) is 0 Å². The molecule has 2 heterocycles. The molecule has 0 saturated heterocycles. The minimum absolute atomic E-state index is 0.174. The van der Waals surface area contributed by atoms with E-state index in [1.807, 2.05) is 45.0 Å². The second kappa shape index (κ2) is 8.82. The predicted molar refractivity (Wildman–Crippen MR) is 128 cm³/mol. The van der Waals surface area contributed by atoms with Crippen molar-refractivity contribution in [3.63, 3.8) is 0 Å². The Morgan fingerprint density at radius 2 is 1.61 bits per heavy atom. The molecule has 4 aromatic rings. The molecule has 1 amide bonds. The largest absolute Gasteiger partial charge is 0.497 e. The van der Waals surface area contributed by atoms with Crippen LogP contribution in [0.5, 0.6) is 11.5 Å². The van der Waals surface area contributed by atoms with E-state index >= 15 is 0 Å². The van der Waals surface area contributed by atoms with Gasteiger partial charge in [-0.2, -0.15) is 5.10 Å². The molecule has 33 heavy (non-hydrogen) atoms. The number of hydrogen-bond acceptors (Lipinski definition) is 5. The molecule has 1 N–H and O–H groups in total. The fourth-order valence-corrected chi connectivity index (χ4v) is 3.91. The van der Waals surface area contributed by atoms with E-state index in [-0.39, 0.29) is 18.0 Å². The van der Waals surface area contributed by atoms with Crippen LogP contribution >= 0.6 is 0 Å². The first kappa shape index (κ1) is 22.1. The number of fused-ring (bicyclic) bond motifs is 1. The van der Waals surface area contributed by atoms with Crippen LogP contribution in [-0.2, 0) is 11.3 Å². The molecule has 0 atom stereocenters. The zero-order valence-corrected chi connectivity index (χ0v) is 19.3. The number of carbonyl (C=O) groups is 1. The molecule has 4 rings (SSSR count). The lowest BCUT2D eigenvalue weighted by molar-refractivity contribution is -0.116. The van der Waals surface area contributed by atoms with Crippen LogP contribution in [0.25, 0.3) is 16.7 Å². The van der Waals surface area contributed by atoms with Crippen molar-refractivity contribution in [1.82, 2.24) is 14.3 Å². The van der Waals surface area contributed by atoms with Crippen LogP contribution in [0.15, 0.2) is 53.3 Å². The molecule has 2 aromatic carbocycles. The van der Waals surface area contributed by atoms with Gasteiger partial charge in [0.15, 0.2) is 0 Å². The number of nitrogens with one attached hydrogen (secondary N) is 1. The fourth-order valence-electron chi connectivity index (χ4n) is 3.91. The molecular weight excluding hydrogens is 420 g/mol. The highest BCUT2D eigenvalue weighted by atomic mass is 16.5. The quantitative estimate of drug-likeness (QED) is 0.487. The number of aryl methyl sites for hydroxylation is 3. The van der Waals surface area contributed by atoms with E-state index < -0.39 is 0 Å². The number of hydrogen-bond donors (Lipinski definition) is 1. The first-order chi connectivity index (χ1) is 15.8. The molecular formula is C25H26N4O4. The Bertz CT molecular complexity index is 1380. The number of nitrogens with zero attached hydrogens (tertiary/aromatic N) is 3. The maximum atomic E-state index is 13.0. The summed E-state index contributed by atoms with van der Waals surface area (Å²) in [6.07, 6.45) is 0. The monoisotopic (exact) mass is 446 g/mol. The van der Waals surface area contributed by atoms with Crippen molar-refractivity contribution in [2.45, 2.75) is 27.3 Å². The molecule has 8 nitrogen and oxygen atoms in total. The van der Waals surface area contributed by atoms with Gasteiger partial charge in [0.05, 0.1) is 25.6 Å². The normalized spacial score (nSPS) is 10.9. The number of aromatic nitrogens is 3. The predicted octanol–water partition coefficient (Wildman–Crippen LogP) is 3.77. The minimum Gasteiger partial charge on any atom is -0.497 e. The summed E-state index contributed by atoms with van der Waals surface area (Å²) in [5.41, 5.74) is 4.36. The van der Waals surface area contributed by atoms with E-state index in [2.05, 4.69) is 10.4 Å². The van der Waals surface area contributed by atoms with Gasteiger partial charge >= 0.3 is 0 Å². The Morgan fingerprint density at radius 1 is 0.970 bits per heavy atom. The zero-order chi connectivity index (χ0) is 23.7. The fraction of sp³-hybridized carbons (Fsp3) is 0.240. The van der Waals surface area contributed by atoms with Crippen LogP contribution in [0.2, 0.25) is 0 Å². The molecule has 0 fully saturated rings. The molecule has 0 saturated carbocycles. The van der Waals surface area contributed by atoms with Crippen molar-refractivity contribution >= 4 is 22.6 Å². The van der Waals surface area contributed by atoms with E-state index in [9.17, 15) is 9.59 Å². The summed E-state index contributed by atoms with van der Waals surface area (Å²) in [6, 6.07) is 14.5. The number of rotatable bonds is 6. The van der Waals surface area contributed by atoms with Gasteiger partial charge in [0, 0.05) is 35.3 Å².